The summed E-state index contributed by atoms with van der Waals surface area (Å²) in [6.45, 7) is 5.47. The average molecular weight is 349 g/mol. The van der Waals surface area contributed by atoms with Crippen molar-refractivity contribution in [2.75, 3.05) is 56.6 Å². The fourth-order valence-corrected chi connectivity index (χ4v) is 2.18. The molecule has 1 aliphatic rings. The highest BCUT2D eigenvalue weighted by molar-refractivity contribution is 5.43. The lowest BCUT2D eigenvalue weighted by Gasteiger charge is -2.26. The fourth-order valence-electron chi connectivity index (χ4n) is 2.18. The van der Waals surface area contributed by atoms with Crippen LogP contribution in [0.15, 0.2) is 6.07 Å². The number of anilines is 2. The van der Waals surface area contributed by atoms with Crippen molar-refractivity contribution >= 4 is 11.8 Å². The number of aliphatic hydroxyl groups excluding tert-OH is 1. The van der Waals surface area contributed by atoms with E-state index in [9.17, 15) is 13.2 Å². The Balaban J connectivity index is 2.02. The van der Waals surface area contributed by atoms with Crippen molar-refractivity contribution in [3.05, 3.63) is 11.8 Å². The zero-order valence-electron chi connectivity index (χ0n) is 13.4. The number of rotatable bonds is 7. The third kappa shape index (κ3) is 5.77. The van der Waals surface area contributed by atoms with E-state index in [1.807, 2.05) is 0 Å². The van der Waals surface area contributed by atoms with Gasteiger partial charge in [-0.1, -0.05) is 0 Å². The molecule has 1 aliphatic heterocycles. The SMILES string of the molecule is C[C@H](CO)Nc1nc(NCCN2CCOCC2)cc(C(F)(F)F)n1. The molecular formula is C14H22F3N5O2. The van der Waals surface area contributed by atoms with Gasteiger partial charge in [0.1, 0.15) is 5.82 Å². The van der Waals surface area contributed by atoms with E-state index in [2.05, 4.69) is 25.5 Å². The minimum atomic E-state index is -4.57. The van der Waals surface area contributed by atoms with Gasteiger partial charge in [-0.25, -0.2) is 4.98 Å². The van der Waals surface area contributed by atoms with E-state index in [1.54, 1.807) is 6.92 Å². The van der Waals surface area contributed by atoms with Gasteiger partial charge in [-0.15, -0.1) is 0 Å². The predicted octanol–water partition coefficient (Wildman–Crippen LogP) is 1.03. The van der Waals surface area contributed by atoms with Gasteiger partial charge in [-0.3, -0.25) is 4.90 Å². The van der Waals surface area contributed by atoms with Crippen LogP contribution in [0.4, 0.5) is 24.9 Å². The standard InChI is InChI=1S/C14H22F3N5O2/c1-10(9-23)19-13-20-11(14(15,16)17)8-12(21-13)18-2-3-22-4-6-24-7-5-22/h8,10,23H,2-7,9H2,1H3,(H2,18,19,20,21)/t10-/m1/s1. The summed E-state index contributed by atoms with van der Waals surface area (Å²) in [6.07, 6.45) is -4.57. The van der Waals surface area contributed by atoms with Gasteiger partial charge >= 0.3 is 6.18 Å². The number of alkyl halides is 3. The highest BCUT2D eigenvalue weighted by Crippen LogP contribution is 2.29. The molecule has 0 bridgehead atoms. The average Bonchev–Trinajstić information content (AvgIpc) is 2.55. The number of aromatic nitrogens is 2. The first-order valence-corrected chi connectivity index (χ1v) is 7.76. The third-order valence-electron chi connectivity index (χ3n) is 3.50. The summed E-state index contributed by atoms with van der Waals surface area (Å²) < 4.78 is 44.1. The van der Waals surface area contributed by atoms with Gasteiger partial charge in [0.15, 0.2) is 5.69 Å². The zero-order valence-corrected chi connectivity index (χ0v) is 13.4. The van der Waals surface area contributed by atoms with E-state index in [0.717, 1.165) is 19.2 Å². The second-order valence-electron chi connectivity index (χ2n) is 5.57. The fraction of sp³-hybridized carbons (Fsp3) is 0.714. The molecular weight excluding hydrogens is 327 g/mol. The van der Waals surface area contributed by atoms with E-state index < -0.39 is 17.9 Å². The number of nitrogens with one attached hydrogen (secondary N) is 2. The Morgan fingerprint density at radius 3 is 2.67 bits per heavy atom. The second-order valence-corrected chi connectivity index (χ2v) is 5.57. The first-order valence-electron chi connectivity index (χ1n) is 7.76. The predicted molar refractivity (Wildman–Crippen MR) is 83.0 cm³/mol. The van der Waals surface area contributed by atoms with E-state index >= 15 is 0 Å². The first-order chi connectivity index (χ1) is 11.4. The van der Waals surface area contributed by atoms with Crippen LogP contribution in [0.2, 0.25) is 0 Å². The van der Waals surface area contributed by atoms with Crippen molar-refractivity contribution in [3.8, 4) is 0 Å². The number of hydrogen-bond acceptors (Lipinski definition) is 7. The molecule has 0 amide bonds. The van der Waals surface area contributed by atoms with Crippen LogP contribution in [0.25, 0.3) is 0 Å². The molecule has 0 aromatic carbocycles. The van der Waals surface area contributed by atoms with E-state index in [0.29, 0.717) is 26.3 Å². The summed E-state index contributed by atoms with van der Waals surface area (Å²) in [5, 5.41) is 14.6. The van der Waals surface area contributed by atoms with E-state index in [4.69, 9.17) is 9.84 Å². The summed E-state index contributed by atoms with van der Waals surface area (Å²) in [5.41, 5.74) is -1.03. The Morgan fingerprint density at radius 2 is 2.04 bits per heavy atom. The maximum atomic E-state index is 13.0. The monoisotopic (exact) mass is 349 g/mol. The van der Waals surface area contributed by atoms with E-state index in [-0.39, 0.29) is 18.4 Å². The topological polar surface area (TPSA) is 82.5 Å². The Morgan fingerprint density at radius 1 is 1.33 bits per heavy atom. The van der Waals surface area contributed by atoms with Gasteiger partial charge in [0.2, 0.25) is 5.95 Å². The summed E-state index contributed by atoms with van der Waals surface area (Å²) in [5.74, 6) is -0.0709. The molecule has 1 fully saturated rings. The minimum absolute atomic E-state index is 0.0956. The van der Waals surface area contributed by atoms with Crippen molar-refractivity contribution in [3.63, 3.8) is 0 Å². The van der Waals surface area contributed by atoms with Crippen molar-refractivity contribution in [2.24, 2.45) is 0 Å². The number of ether oxygens (including phenoxy) is 1. The molecule has 3 N–H and O–H groups in total. The lowest BCUT2D eigenvalue weighted by atomic mass is 10.3. The second kappa shape index (κ2) is 8.45. The maximum absolute atomic E-state index is 13.0. The molecule has 0 spiro atoms. The number of aliphatic hydroxyl groups is 1. The summed E-state index contributed by atoms with van der Waals surface area (Å²) in [7, 11) is 0. The number of nitrogens with zero attached hydrogens (tertiary/aromatic N) is 3. The molecule has 7 nitrogen and oxygen atoms in total. The molecule has 1 saturated heterocycles. The van der Waals surface area contributed by atoms with Gasteiger partial charge in [0.05, 0.1) is 19.8 Å². The minimum Gasteiger partial charge on any atom is -0.394 e. The van der Waals surface area contributed by atoms with Crippen molar-refractivity contribution in [2.45, 2.75) is 19.1 Å². The molecule has 2 rings (SSSR count). The molecule has 0 unspecified atom stereocenters. The number of hydrogen-bond donors (Lipinski definition) is 3. The van der Waals surface area contributed by atoms with Gasteiger partial charge < -0.3 is 20.5 Å². The quantitative estimate of drug-likeness (QED) is 0.678. The lowest BCUT2D eigenvalue weighted by molar-refractivity contribution is -0.141. The van der Waals surface area contributed by atoms with Crippen molar-refractivity contribution in [1.82, 2.24) is 14.9 Å². The first kappa shape index (κ1) is 18.7. The van der Waals surface area contributed by atoms with Crippen LogP contribution in [-0.2, 0) is 10.9 Å². The zero-order chi connectivity index (χ0) is 17.6. The lowest BCUT2D eigenvalue weighted by Crippen LogP contribution is -2.39. The molecule has 1 aromatic heterocycles. The molecule has 0 radical (unpaired) electrons. The smallest absolute Gasteiger partial charge is 0.394 e. The third-order valence-corrected chi connectivity index (χ3v) is 3.50. The Bertz CT molecular complexity index is 524. The normalized spacial score (nSPS) is 17.5. The highest BCUT2D eigenvalue weighted by Gasteiger charge is 2.33. The van der Waals surface area contributed by atoms with Gasteiger partial charge in [0.25, 0.3) is 0 Å². The molecule has 24 heavy (non-hydrogen) atoms. The summed E-state index contributed by atoms with van der Waals surface area (Å²) in [4.78, 5) is 9.66. The van der Waals surface area contributed by atoms with Gasteiger partial charge in [-0.05, 0) is 6.92 Å². The number of morpholine rings is 1. The van der Waals surface area contributed by atoms with Gasteiger partial charge in [0, 0.05) is 38.3 Å². The largest absolute Gasteiger partial charge is 0.433 e. The maximum Gasteiger partial charge on any atom is 0.433 e. The molecule has 136 valence electrons. The number of halogens is 3. The Kier molecular flexibility index (Phi) is 6.58. The van der Waals surface area contributed by atoms with Crippen LogP contribution < -0.4 is 10.6 Å². The van der Waals surface area contributed by atoms with Crippen LogP contribution in [0.5, 0.6) is 0 Å². The Hall–Kier alpha value is -1.65. The van der Waals surface area contributed by atoms with E-state index in [1.165, 1.54) is 0 Å². The van der Waals surface area contributed by atoms with Crippen LogP contribution >= 0.6 is 0 Å². The van der Waals surface area contributed by atoms with Gasteiger partial charge in [-0.2, -0.15) is 18.2 Å². The van der Waals surface area contributed by atoms with Crippen LogP contribution in [0, 0.1) is 0 Å². The van der Waals surface area contributed by atoms with Crippen molar-refractivity contribution < 1.29 is 23.0 Å². The highest BCUT2D eigenvalue weighted by atomic mass is 19.4. The summed E-state index contributed by atoms with van der Waals surface area (Å²) >= 11 is 0. The molecule has 10 heteroatoms. The molecule has 0 aliphatic carbocycles. The van der Waals surface area contributed by atoms with Crippen molar-refractivity contribution in [1.29, 1.82) is 0 Å². The van der Waals surface area contributed by atoms with Crippen LogP contribution in [0.3, 0.4) is 0 Å². The molecule has 1 atom stereocenters. The van der Waals surface area contributed by atoms with Crippen LogP contribution in [-0.4, -0.2) is 72.0 Å². The molecule has 0 saturated carbocycles. The molecule has 2 heterocycles. The molecule has 1 aromatic rings. The Labute approximate surface area is 138 Å². The van der Waals surface area contributed by atoms with Crippen LogP contribution in [0.1, 0.15) is 12.6 Å². The summed E-state index contributed by atoms with van der Waals surface area (Å²) in [6, 6.07) is 0.434.